The number of ether oxygens (including phenoxy) is 1. The van der Waals surface area contributed by atoms with Crippen LogP contribution in [0.25, 0.3) is 6.08 Å². The summed E-state index contributed by atoms with van der Waals surface area (Å²) in [6, 6.07) is 8.04. The lowest BCUT2D eigenvalue weighted by atomic mass is 10.2. The summed E-state index contributed by atoms with van der Waals surface area (Å²) in [5.41, 5.74) is 2.83. The molecule has 2 aromatic rings. The molecule has 3 nitrogen and oxygen atoms in total. The summed E-state index contributed by atoms with van der Waals surface area (Å²) in [5, 5.41) is 2.05. The maximum Gasteiger partial charge on any atom is 0.146 e. The van der Waals surface area contributed by atoms with Crippen molar-refractivity contribution in [1.82, 2.24) is 4.98 Å². The summed E-state index contributed by atoms with van der Waals surface area (Å²) in [6.07, 6.45) is 5.85. The number of H-pyrrole nitrogens is 1. The van der Waals surface area contributed by atoms with Crippen LogP contribution >= 0.6 is 11.3 Å². The van der Waals surface area contributed by atoms with Crippen molar-refractivity contribution in [1.29, 1.82) is 0 Å². The largest absolute Gasteiger partial charge is 0.494 e. The Bertz CT molecular complexity index is 619. The zero-order valence-electron chi connectivity index (χ0n) is 9.88. The highest BCUT2D eigenvalue weighted by Gasteiger charge is 2.16. The van der Waals surface area contributed by atoms with E-state index in [0.29, 0.717) is 0 Å². The van der Waals surface area contributed by atoms with Gasteiger partial charge in [0.25, 0.3) is 0 Å². The Morgan fingerprint density at radius 3 is 2.94 bits per heavy atom. The van der Waals surface area contributed by atoms with Crippen LogP contribution in [0.1, 0.15) is 10.6 Å². The number of hydrogen-bond acceptors (Lipinski definition) is 3. The third kappa shape index (κ3) is 2.02. The summed E-state index contributed by atoms with van der Waals surface area (Å²) in [4.78, 5) is 8.89. The second-order valence-electron chi connectivity index (χ2n) is 3.84. The Balaban J connectivity index is 1.98. The Morgan fingerprint density at radius 1 is 1.33 bits per heavy atom. The predicted molar refractivity (Wildman–Crippen MR) is 74.7 cm³/mol. The van der Waals surface area contributed by atoms with Gasteiger partial charge >= 0.3 is 0 Å². The van der Waals surface area contributed by atoms with Gasteiger partial charge in [-0.3, -0.25) is 0 Å². The second kappa shape index (κ2) is 4.66. The lowest BCUT2D eigenvalue weighted by Gasteiger charge is -2.00. The van der Waals surface area contributed by atoms with Gasteiger partial charge in [0.1, 0.15) is 11.5 Å². The van der Waals surface area contributed by atoms with Gasteiger partial charge in [0.05, 0.1) is 17.7 Å². The zero-order valence-corrected chi connectivity index (χ0v) is 10.7. The molecule has 0 bridgehead atoms. The third-order valence-electron chi connectivity index (χ3n) is 2.67. The maximum atomic E-state index is 5.37. The zero-order chi connectivity index (χ0) is 12.4. The molecule has 0 amide bonds. The number of aliphatic imine (C=N–C) groups is 1. The molecule has 0 saturated carbocycles. The lowest BCUT2D eigenvalue weighted by Crippen LogP contribution is -1.88. The molecule has 0 saturated heterocycles. The van der Waals surface area contributed by atoms with E-state index in [-0.39, 0.29) is 0 Å². The van der Waals surface area contributed by atoms with Crippen LogP contribution in [0.15, 0.2) is 58.4 Å². The van der Waals surface area contributed by atoms with E-state index in [1.807, 2.05) is 41.9 Å². The van der Waals surface area contributed by atoms with Gasteiger partial charge in [0, 0.05) is 18.0 Å². The number of aromatic nitrogens is 1. The number of nitrogens with one attached hydrogen (secondary N) is 1. The third-order valence-corrected chi connectivity index (χ3v) is 3.56. The van der Waals surface area contributed by atoms with E-state index in [9.17, 15) is 0 Å². The first-order valence-corrected chi connectivity index (χ1v) is 6.48. The fourth-order valence-corrected chi connectivity index (χ4v) is 2.50. The molecule has 1 aliphatic heterocycles. The first-order chi connectivity index (χ1) is 8.86. The van der Waals surface area contributed by atoms with E-state index in [0.717, 1.165) is 27.7 Å². The summed E-state index contributed by atoms with van der Waals surface area (Å²) in [6.45, 7) is 0. The molecule has 1 N–H and O–H groups in total. The topological polar surface area (TPSA) is 37.4 Å². The summed E-state index contributed by atoms with van der Waals surface area (Å²) >= 11 is 1.68. The molecule has 3 heterocycles. The average molecular weight is 256 g/mol. The molecule has 0 aromatic carbocycles. The fraction of sp³-hybridized carbons (Fsp3) is 0.0714. The second-order valence-corrected chi connectivity index (χ2v) is 4.79. The van der Waals surface area contributed by atoms with Gasteiger partial charge in [0.2, 0.25) is 0 Å². The molecule has 2 aromatic heterocycles. The van der Waals surface area contributed by atoms with Crippen molar-refractivity contribution in [2.45, 2.75) is 0 Å². The molecular weight excluding hydrogens is 244 g/mol. The summed E-state index contributed by atoms with van der Waals surface area (Å²) in [5.74, 6) is 0.799. The highest BCUT2D eigenvalue weighted by Crippen LogP contribution is 2.26. The quantitative estimate of drug-likeness (QED) is 0.897. The van der Waals surface area contributed by atoms with E-state index < -0.39 is 0 Å². The highest BCUT2D eigenvalue weighted by atomic mass is 32.1. The number of rotatable bonds is 3. The van der Waals surface area contributed by atoms with Crippen molar-refractivity contribution in [2.24, 2.45) is 4.99 Å². The van der Waals surface area contributed by atoms with Crippen LogP contribution in [-0.4, -0.2) is 17.8 Å². The highest BCUT2D eigenvalue weighted by molar-refractivity contribution is 7.12. The molecule has 3 rings (SSSR count). The van der Waals surface area contributed by atoms with Gasteiger partial charge in [-0.15, -0.1) is 11.3 Å². The first-order valence-electron chi connectivity index (χ1n) is 5.60. The number of methoxy groups -OCH3 is 1. The number of hydrogen-bond donors (Lipinski definition) is 1. The van der Waals surface area contributed by atoms with Gasteiger partial charge in [-0.2, -0.15) is 0 Å². The van der Waals surface area contributed by atoms with Crippen LogP contribution in [0.2, 0.25) is 0 Å². The normalized spacial score (nSPS) is 16.8. The van der Waals surface area contributed by atoms with E-state index >= 15 is 0 Å². The first kappa shape index (κ1) is 11.0. The fourth-order valence-electron chi connectivity index (χ4n) is 1.81. The molecular formula is C14H12N2OS. The minimum atomic E-state index is 0.799. The van der Waals surface area contributed by atoms with Gasteiger partial charge < -0.3 is 9.72 Å². The molecule has 0 fully saturated rings. The van der Waals surface area contributed by atoms with Crippen molar-refractivity contribution in [2.75, 3.05) is 7.11 Å². The van der Waals surface area contributed by atoms with Gasteiger partial charge in [-0.05, 0) is 29.7 Å². The van der Waals surface area contributed by atoms with Gasteiger partial charge in [0.15, 0.2) is 0 Å². The van der Waals surface area contributed by atoms with Crippen molar-refractivity contribution >= 4 is 23.1 Å². The van der Waals surface area contributed by atoms with Crippen LogP contribution in [-0.2, 0) is 4.74 Å². The Morgan fingerprint density at radius 2 is 2.28 bits per heavy atom. The van der Waals surface area contributed by atoms with Crippen LogP contribution in [0.4, 0.5) is 0 Å². The Kier molecular flexibility index (Phi) is 2.86. The monoisotopic (exact) mass is 256 g/mol. The minimum absolute atomic E-state index is 0.799. The lowest BCUT2D eigenvalue weighted by molar-refractivity contribution is 0.303. The molecule has 1 aliphatic rings. The van der Waals surface area contributed by atoms with Crippen LogP contribution in [0.3, 0.4) is 0 Å². The SMILES string of the molecule is COC1=CC(c2cccs2)=N/C1=C\c1ccc[nH]1. The Labute approximate surface area is 109 Å². The smallest absolute Gasteiger partial charge is 0.146 e. The summed E-state index contributed by atoms with van der Waals surface area (Å²) < 4.78 is 5.37. The standard InChI is InChI=1S/C14H12N2OS/c1-17-13-9-12(14-5-3-7-18-14)16-11(13)8-10-4-2-6-15-10/h2-9,15H,1H3/b11-8-. The molecule has 18 heavy (non-hydrogen) atoms. The van der Waals surface area contributed by atoms with Crippen molar-refractivity contribution in [3.05, 3.63) is 63.9 Å². The van der Waals surface area contributed by atoms with Crippen LogP contribution < -0.4 is 0 Å². The minimum Gasteiger partial charge on any atom is -0.494 e. The molecule has 0 aliphatic carbocycles. The van der Waals surface area contributed by atoms with E-state index in [1.54, 1.807) is 18.4 Å². The molecule has 0 radical (unpaired) electrons. The Hall–Kier alpha value is -2.07. The van der Waals surface area contributed by atoms with E-state index in [4.69, 9.17) is 4.74 Å². The maximum absolute atomic E-state index is 5.37. The molecule has 90 valence electrons. The molecule has 0 spiro atoms. The molecule has 0 unspecified atom stereocenters. The number of thiophene rings is 1. The van der Waals surface area contributed by atoms with E-state index in [1.165, 1.54) is 0 Å². The number of nitrogens with zero attached hydrogens (tertiary/aromatic N) is 1. The summed E-state index contributed by atoms with van der Waals surface area (Å²) in [7, 11) is 1.67. The van der Waals surface area contributed by atoms with Gasteiger partial charge in [-0.25, -0.2) is 4.99 Å². The number of allylic oxidation sites excluding steroid dienone is 1. The van der Waals surface area contributed by atoms with Gasteiger partial charge in [-0.1, -0.05) is 6.07 Å². The average Bonchev–Trinajstić information content (AvgIpc) is 3.10. The van der Waals surface area contributed by atoms with Crippen molar-refractivity contribution in [3.63, 3.8) is 0 Å². The van der Waals surface area contributed by atoms with Crippen LogP contribution in [0, 0.1) is 0 Å². The molecule has 4 heteroatoms. The van der Waals surface area contributed by atoms with Crippen molar-refractivity contribution < 1.29 is 4.74 Å². The molecule has 0 atom stereocenters. The van der Waals surface area contributed by atoms with Crippen molar-refractivity contribution in [3.8, 4) is 0 Å². The number of aromatic amines is 1. The predicted octanol–water partition coefficient (Wildman–Crippen LogP) is 3.45. The van der Waals surface area contributed by atoms with Crippen LogP contribution in [0.5, 0.6) is 0 Å². The van der Waals surface area contributed by atoms with E-state index in [2.05, 4.69) is 16.0 Å².